The number of rotatable bonds is 6. The summed E-state index contributed by atoms with van der Waals surface area (Å²) in [7, 11) is 0. The van der Waals surface area contributed by atoms with Crippen molar-refractivity contribution in [1.82, 2.24) is 20.2 Å². The molecule has 1 aliphatic heterocycles. The summed E-state index contributed by atoms with van der Waals surface area (Å²) in [5.74, 6) is 0.327. The molecule has 0 N–H and O–H groups in total. The Bertz CT molecular complexity index is 739. The molecule has 1 aliphatic rings. The third-order valence-corrected chi connectivity index (χ3v) is 3.99. The molecule has 0 fully saturated rings. The van der Waals surface area contributed by atoms with E-state index in [1.807, 2.05) is 12.2 Å². The molecule has 0 spiro atoms. The normalized spacial score (nSPS) is 19.8. The molecular formula is C18H22N4O3. The average molecular weight is 342 g/mol. The Morgan fingerprint density at radius 3 is 2.80 bits per heavy atom. The monoisotopic (exact) mass is 342 g/mol. The lowest BCUT2D eigenvalue weighted by Crippen LogP contribution is -2.28. The molecule has 2 atom stereocenters. The Balaban J connectivity index is 1.60. The van der Waals surface area contributed by atoms with E-state index in [9.17, 15) is 4.79 Å². The minimum Gasteiger partial charge on any atom is -0.463 e. The molecular weight excluding hydrogens is 320 g/mol. The topological polar surface area (TPSA) is 79.1 Å². The summed E-state index contributed by atoms with van der Waals surface area (Å²) < 4.78 is 10.8. The van der Waals surface area contributed by atoms with Crippen LogP contribution in [0.15, 0.2) is 36.4 Å². The van der Waals surface area contributed by atoms with Gasteiger partial charge in [0, 0.05) is 19.8 Å². The van der Waals surface area contributed by atoms with E-state index in [1.54, 1.807) is 0 Å². The molecule has 132 valence electrons. The van der Waals surface area contributed by atoms with Gasteiger partial charge in [0.2, 0.25) is 0 Å². The van der Waals surface area contributed by atoms with Crippen molar-refractivity contribution in [1.29, 1.82) is 0 Å². The number of hydrogen-bond donors (Lipinski definition) is 0. The molecule has 0 amide bonds. The number of carbonyl (C=O) groups is 1. The Morgan fingerprint density at radius 2 is 2.08 bits per heavy atom. The number of benzene rings is 1. The molecule has 0 radical (unpaired) electrons. The first kappa shape index (κ1) is 17.3. The molecule has 1 aromatic carbocycles. The number of aryl methyl sites for hydroxylation is 1. The summed E-state index contributed by atoms with van der Waals surface area (Å²) in [4.78, 5) is 12.4. The third kappa shape index (κ3) is 4.73. The summed E-state index contributed by atoms with van der Waals surface area (Å²) in [5.41, 5.74) is 2.45. The highest BCUT2D eigenvalue weighted by Gasteiger charge is 2.22. The second kappa shape index (κ2) is 8.02. The van der Waals surface area contributed by atoms with Gasteiger partial charge in [0.05, 0.1) is 0 Å². The first-order valence-electron chi connectivity index (χ1n) is 8.45. The van der Waals surface area contributed by atoms with Gasteiger partial charge in [-0.1, -0.05) is 43.3 Å². The van der Waals surface area contributed by atoms with E-state index < -0.39 is 0 Å². The highest BCUT2D eigenvalue weighted by atomic mass is 16.6. The van der Waals surface area contributed by atoms with Crippen LogP contribution >= 0.6 is 0 Å². The predicted octanol–water partition coefficient (Wildman–Crippen LogP) is 2.23. The van der Waals surface area contributed by atoms with E-state index in [0.29, 0.717) is 18.7 Å². The van der Waals surface area contributed by atoms with E-state index in [0.717, 1.165) is 12.0 Å². The van der Waals surface area contributed by atoms with Crippen LogP contribution in [0.25, 0.3) is 0 Å². The van der Waals surface area contributed by atoms with Gasteiger partial charge in [-0.3, -0.25) is 4.79 Å². The first-order chi connectivity index (χ1) is 12.1. The van der Waals surface area contributed by atoms with Crippen molar-refractivity contribution < 1.29 is 14.3 Å². The molecule has 2 heterocycles. The van der Waals surface area contributed by atoms with Crippen molar-refractivity contribution in [2.45, 2.75) is 45.4 Å². The fourth-order valence-corrected chi connectivity index (χ4v) is 2.62. The molecule has 25 heavy (non-hydrogen) atoms. The summed E-state index contributed by atoms with van der Waals surface area (Å²) in [5, 5.41) is 12.7. The van der Waals surface area contributed by atoms with Crippen LogP contribution in [-0.4, -0.2) is 38.9 Å². The predicted molar refractivity (Wildman–Crippen MR) is 90.7 cm³/mol. The smallest absolute Gasteiger partial charge is 0.302 e. The summed E-state index contributed by atoms with van der Waals surface area (Å²) in [6.45, 7) is 3.70. The van der Waals surface area contributed by atoms with Crippen molar-refractivity contribution >= 4 is 5.97 Å². The highest BCUT2D eigenvalue weighted by Crippen LogP contribution is 2.20. The van der Waals surface area contributed by atoms with Gasteiger partial charge in [-0.2, -0.15) is 0 Å². The van der Waals surface area contributed by atoms with Crippen molar-refractivity contribution in [2.24, 2.45) is 0 Å². The van der Waals surface area contributed by atoms with Crippen LogP contribution in [0.5, 0.6) is 0 Å². The first-order valence-corrected chi connectivity index (χ1v) is 8.45. The van der Waals surface area contributed by atoms with Crippen molar-refractivity contribution in [3.05, 3.63) is 53.4 Å². The molecule has 0 aliphatic carbocycles. The Labute approximate surface area is 146 Å². The zero-order valence-electron chi connectivity index (χ0n) is 14.5. The van der Waals surface area contributed by atoms with Gasteiger partial charge < -0.3 is 9.47 Å². The molecule has 0 saturated carbocycles. The lowest BCUT2D eigenvalue weighted by Gasteiger charge is -2.24. The van der Waals surface area contributed by atoms with Crippen LogP contribution < -0.4 is 0 Å². The summed E-state index contributed by atoms with van der Waals surface area (Å²) in [6.07, 6.45) is 5.53. The standard InChI is InChI=1S/C18H22N4O3/c1-3-14-7-9-15(10-8-14)11-17-19-21-22(20-17)18-6-4-5-16(25-18)12-24-13(2)23/h4-5,7-10,16,18H,3,6,11-12H2,1-2H3. The number of aromatic nitrogens is 4. The Hall–Kier alpha value is -2.54. The SMILES string of the molecule is CCc1ccc(Cc2nnn(C3CC=CC(COC(C)=O)O3)n2)cc1. The average Bonchev–Trinajstić information content (AvgIpc) is 3.09. The molecule has 7 heteroatoms. The molecule has 0 bridgehead atoms. The number of carbonyl (C=O) groups excluding carboxylic acids is 1. The van der Waals surface area contributed by atoms with E-state index >= 15 is 0 Å². The largest absolute Gasteiger partial charge is 0.463 e. The number of nitrogens with zero attached hydrogens (tertiary/aromatic N) is 4. The minimum absolute atomic E-state index is 0.188. The summed E-state index contributed by atoms with van der Waals surface area (Å²) in [6, 6.07) is 8.42. The van der Waals surface area contributed by atoms with Gasteiger partial charge in [0.1, 0.15) is 12.7 Å². The number of tetrazole rings is 1. The van der Waals surface area contributed by atoms with Gasteiger partial charge >= 0.3 is 5.97 Å². The van der Waals surface area contributed by atoms with Crippen LogP contribution in [0, 0.1) is 0 Å². The maximum Gasteiger partial charge on any atom is 0.302 e. The number of esters is 1. The zero-order valence-corrected chi connectivity index (χ0v) is 14.5. The zero-order chi connectivity index (χ0) is 17.6. The fourth-order valence-electron chi connectivity index (χ4n) is 2.62. The lowest BCUT2D eigenvalue weighted by molar-refractivity contribution is -0.148. The minimum atomic E-state index is -0.339. The van der Waals surface area contributed by atoms with Crippen LogP contribution in [-0.2, 0) is 27.1 Å². The lowest BCUT2D eigenvalue weighted by atomic mass is 10.1. The molecule has 2 aromatic rings. The summed E-state index contributed by atoms with van der Waals surface area (Å²) >= 11 is 0. The number of hydrogen-bond acceptors (Lipinski definition) is 6. The van der Waals surface area contributed by atoms with Crippen molar-refractivity contribution in [3.8, 4) is 0 Å². The molecule has 3 rings (SSSR count). The Morgan fingerprint density at radius 1 is 1.32 bits per heavy atom. The quantitative estimate of drug-likeness (QED) is 0.592. The van der Waals surface area contributed by atoms with Crippen LogP contribution in [0.1, 0.15) is 43.4 Å². The van der Waals surface area contributed by atoms with E-state index in [4.69, 9.17) is 9.47 Å². The van der Waals surface area contributed by atoms with E-state index in [2.05, 4.69) is 46.6 Å². The second-order valence-electron chi connectivity index (χ2n) is 5.97. The van der Waals surface area contributed by atoms with Crippen LogP contribution in [0.2, 0.25) is 0 Å². The van der Waals surface area contributed by atoms with Gasteiger partial charge in [0.25, 0.3) is 0 Å². The van der Waals surface area contributed by atoms with Crippen LogP contribution in [0.3, 0.4) is 0 Å². The molecule has 7 nitrogen and oxygen atoms in total. The van der Waals surface area contributed by atoms with Gasteiger partial charge in [-0.15, -0.1) is 15.0 Å². The van der Waals surface area contributed by atoms with E-state index in [-0.39, 0.29) is 24.9 Å². The molecule has 2 unspecified atom stereocenters. The van der Waals surface area contributed by atoms with Crippen molar-refractivity contribution in [2.75, 3.05) is 6.61 Å². The molecule has 0 saturated heterocycles. The second-order valence-corrected chi connectivity index (χ2v) is 5.97. The van der Waals surface area contributed by atoms with Gasteiger partial charge in [0.15, 0.2) is 12.1 Å². The van der Waals surface area contributed by atoms with Crippen LogP contribution in [0.4, 0.5) is 0 Å². The van der Waals surface area contributed by atoms with E-state index in [1.165, 1.54) is 17.3 Å². The van der Waals surface area contributed by atoms with Crippen molar-refractivity contribution in [3.63, 3.8) is 0 Å². The molecule has 1 aromatic heterocycles. The maximum atomic E-state index is 10.9. The fraction of sp³-hybridized carbons (Fsp3) is 0.444. The Kier molecular flexibility index (Phi) is 5.55. The third-order valence-electron chi connectivity index (χ3n) is 3.99. The number of ether oxygens (including phenoxy) is 2. The maximum absolute atomic E-state index is 10.9. The highest BCUT2D eigenvalue weighted by molar-refractivity contribution is 5.65. The van der Waals surface area contributed by atoms with Gasteiger partial charge in [-0.25, -0.2) is 0 Å². The van der Waals surface area contributed by atoms with Gasteiger partial charge in [-0.05, 0) is 22.8 Å².